The maximum atomic E-state index is 15.0. The Morgan fingerprint density at radius 1 is 1.00 bits per heavy atom. The van der Waals surface area contributed by atoms with Crippen LogP contribution >= 0.6 is 15.9 Å². The molecule has 0 aliphatic carbocycles. The number of benzene rings is 4. The van der Waals surface area contributed by atoms with Crippen LogP contribution in [-0.4, -0.2) is 47.5 Å². The second kappa shape index (κ2) is 13.7. The highest BCUT2D eigenvalue weighted by Gasteiger charge is 2.14. The summed E-state index contributed by atoms with van der Waals surface area (Å²) in [6.45, 7) is 0.354. The zero-order valence-corrected chi connectivity index (χ0v) is 25.0. The first kappa shape index (κ1) is 30.7. The third-order valence-corrected chi connectivity index (χ3v) is 7.24. The van der Waals surface area contributed by atoms with Gasteiger partial charge in [-0.2, -0.15) is 0 Å². The van der Waals surface area contributed by atoms with E-state index in [9.17, 15) is 9.59 Å². The van der Waals surface area contributed by atoms with Crippen LogP contribution in [0.3, 0.4) is 0 Å². The minimum Gasteiger partial charge on any atom is -0.496 e. The number of aromatic nitrogens is 1. The number of amides is 2. The maximum Gasteiger partial charge on any atom is 0.472 e. The summed E-state index contributed by atoms with van der Waals surface area (Å²) in [6.07, 6.45) is -0.235. The van der Waals surface area contributed by atoms with Crippen molar-refractivity contribution in [2.75, 3.05) is 24.2 Å². The number of nitrogens with one attached hydrogen (secondary N) is 3. The van der Waals surface area contributed by atoms with Gasteiger partial charge in [-0.3, -0.25) is 9.59 Å². The van der Waals surface area contributed by atoms with E-state index >= 15 is 4.39 Å². The molecule has 224 valence electrons. The fourth-order valence-corrected chi connectivity index (χ4v) is 4.91. The molecule has 5 aromatic rings. The Kier molecular flexibility index (Phi) is 9.58. The zero-order valence-electron chi connectivity index (χ0n) is 23.4. The lowest BCUT2D eigenvalue weighted by molar-refractivity contribution is -0.120. The van der Waals surface area contributed by atoms with Gasteiger partial charge < -0.3 is 35.2 Å². The molecule has 44 heavy (non-hydrogen) atoms. The second-order valence-corrected chi connectivity index (χ2v) is 10.7. The van der Waals surface area contributed by atoms with E-state index in [0.29, 0.717) is 55.9 Å². The normalized spacial score (nSPS) is 10.8. The van der Waals surface area contributed by atoms with E-state index in [1.165, 1.54) is 6.07 Å². The van der Waals surface area contributed by atoms with Gasteiger partial charge in [-0.25, -0.2) is 9.37 Å². The molecular formula is C31H27BBrFN4O6. The number of anilines is 2. The van der Waals surface area contributed by atoms with Crippen LogP contribution in [0.4, 0.5) is 15.8 Å². The molecule has 0 radical (unpaired) electrons. The number of hydrogen-bond donors (Lipinski definition) is 5. The van der Waals surface area contributed by atoms with Crippen molar-refractivity contribution in [1.29, 1.82) is 0 Å². The molecule has 0 unspecified atom stereocenters. The Labute approximate surface area is 260 Å². The second-order valence-electron chi connectivity index (χ2n) is 9.83. The highest BCUT2D eigenvalue weighted by molar-refractivity contribution is 9.10. The number of rotatable bonds is 11. The highest BCUT2D eigenvalue weighted by Crippen LogP contribution is 2.29. The molecular weight excluding hydrogens is 634 g/mol. The Balaban J connectivity index is 1.18. The number of nitrogens with zero attached hydrogens (tertiary/aromatic N) is 1. The van der Waals surface area contributed by atoms with Crippen LogP contribution < -0.4 is 20.7 Å². The first-order valence-corrected chi connectivity index (χ1v) is 14.3. The summed E-state index contributed by atoms with van der Waals surface area (Å²) in [5, 5.41) is 26.1. The Morgan fingerprint density at radius 2 is 1.77 bits per heavy atom. The van der Waals surface area contributed by atoms with Gasteiger partial charge in [0.05, 0.1) is 30.1 Å². The van der Waals surface area contributed by atoms with Crippen molar-refractivity contribution in [1.82, 2.24) is 10.3 Å². The molecule has 0 saturated carbocycles. The predicted octanol–water partition coefficient (Wildman–Crippen LogP) is 4.94. The molecule has 0 bridgehead atoms. The molecule has 0 saturated heterocycles. The van der Waals surface area contributed by atoms with Gasteiger partial charge >= 0.3 is 7.12 Å². The number of carbonyl (C=O) groups excluding carboxylic acids is 2. The molecule has 0 atom stereocenters. The van der Waals surface area contributed by atoms with Crippen LogP contribution in [-0.2, 0) is 17.8 Å². The summed E-state index contributed by atoms with van der Waals surface area (Å²) in [6, 6.07) is 22.0. The lowest BCUT2D eigenvalue weighted by Crippen LogP contribution is -2.35. The van der Waals surface area contributed by atoms with Gasteiger partial charge in [0.2, 0.25) is 11.8 Å². The molecule has 0 aliphatic heterocycles. The number of halogens is 2. The van der Waals surface area contributed by atoms with Crippen LogP contribution in [0.2, 0.25) is 0 Å². The zero-order chi connectivity index (χ0) is 31.2. The molecule has 4 aromatic carbocycles. The third-order valence-electron chi connectivity index (χ3n) is 6.62. The van der Waals surface area contributed by atoms with Crippen LogP contribution in [0.15, 0.2) is 87.8 Å². The molecule has 10 nitrogen and oxygen atoms in total. The van der Waals surface area contributed by atoms with E-state index in [4.69, 9.17) is 19.2 Å². The van der Waals surface area contributed by atoms with Crippen LogP contribution in [0, 0.1) is 5.82 Å². The van der Waals surface area contributed by atoms with Gasteiger partial charge in [-0.1, -0.05) is 18.2 Å². The standard InChI is InChI=1S/C31H27BBrFN4O6/c1-43-27-11-6-20(14-23(27)33)30(40)37-22-7-2-18(3-8-22)16-35-25-9-5-21(15-24(25)34)31-38-26-12-19(4-10-28(26)44-31)13-29(39)36-17-32(41)42/h2-12,14-15,35,41-42H,13,16-17H2,1H3,(H,36,39)(H,37,40). The lowest BCUT2D eigenvalue weighted by Gasteiger charge is -2.10. The van der Waals surface area contributed by atoms with Crippen LogP contribution in [0.1, 0.15) is 21.5 Å². The minimum atomic E-state index is -1.62. The molecule has 5 rings (SSSR count). The predicted molar refractivity (Wildman–Crippen MR) is 169 cm³/mol. The van der Waals surface area contributed by atoms with Crippen LogP contribution in [0.25, 0.3) is 22.6 Å². The van der Waals surface area contributed by atoms with Gasteiger partial charge in [0.25, 0.3) is 5.91 Å². The molecule has 0 spiro atoms. The average molecular weight is 661 g/mol. The number of fused-ring (bicyclic) bond motifs is 1. The topological polar surface area (TPSA) is 146 Å². The fraction of sp³-hybridized carbons (Fsp3) is 0.129. The monoisotopic (exact) mass is 660 g/mol. The molecule has 1 aromatic heterocycles. The smallest absolute Gasteiger partial charge is 0.472 e. The number of hydrogen-bond acceptors (Lipinski definition) is 8. The molecule has 13 heteroatoms. The van der Waals surface area contributed by atoms with Gasteiger partial charge in [-0.15, -0.1) is 0 Å². The Morgan fingerprint density at radius 3 is 2.48 bits per heavy atom. The fourth-order valence-electron chi connectivity index (χ4n) is 4.37. The largest absolute Gasteiger partial charge is 0.496 e. The molecule has 1 heterocycles. The van der Waals surface area contributed by atoms with E-state index in [-0.39, 0.29) is 30.6 Å². The number of methoxy groups -OCH3 is 1. The van der Waals surface area contributed by atoms with Gasteiger partial charge in [0.15, 0.2) is 5.58 Å². The minimum absolute atomic E-state index is 0.0269. The van der Waals surface area contributed by atoms with Crippen LogP contribution in [0.5, 0.6) is 5.75 Å². The Hall–Kier alpha value is -4.72. The summed E-state index contributed by atoms with van der Waals surface area (Å²) >= 11 is 3.38. The summed E-state index contributed by atoms with van der Waals surface area (Å²) in [4.78, 5) is 29.0. The third kappa shape index (κ3) is 7.62. The van der Waals surface area contributed by atoms with Crippen molar-refractivity contribution >= 4 is 57.3 Å². The van der Waals surface area contributed by atoms with Gasteiger partial charge in [-0.05, 0) is 87.7 Å². The van der Waals surface area contributed by atoms with Crippen molar-refractivity contribution in [2.45, 2.75) is 13.0 Å². The van der Waals surface area contributed by atoms with E-state index in [1.54, 1.807) is 67.8 Å². The van der Waals surface area contributed by atoms with Crippen molar-refractivity contribution in [3.63, 3.8) is 0 Å². The molecule has 2 amide bonds. The van der Waals surface area contributed by atoms with E-state index in [0.717, 1.165) is 5.56 Å². The molecule has 0 fully saturated rings. The van der Waals surface area contributed by atoms with E-state index in [1.807, 2.05) is 12.1 Å². The first-order valence-electron chi connectivity index (χ1n) is 13.5. The summed E-state index contributed by atoms with van der Waals surface area (Å²) in [5.74, 6) is -0.248. The average Bonchev–Trinajstić information content (AvgIpc) is 3.43. The van der Waals surface area contributed by atoms with Gasteiger partial charge in [0, 0.05) is 23.4 Å². The van der Waals surface area contributed by atoms with Crippen molar-refractivity contribution in [3.05, 3.63) is 106 Å². The summed E-state index contributed by atoms with van der Waals surface area (Å²) in [7, 11) is -0.0665. The van der Waals surface area contributed by atoms with Crippen molar-refractivity contribution in [2.24, 2.45) is 0 Å². The SMILES string of the molecule is COc1ccc(C(=O)Nc2ccc(CNc3ccc(-c4nc5cc(CC(=O)NCB(O)O)ccc5o4)cc3F)cc2)cc1Br. The molecule has 0 aliphatic rings. The van der Waals surface area contributed by atoms with E-state index < -0.39 is 12.9 Å². The maximum absolute atomic E-state index is 15.0. The summed E-state index contributed by atoms with van der Waals surface area (Å²) in [5.41, 5.74) is 4.38. The van der Waals surface area contributed by atoms with Gasteiger partial charge in [0.1, 0.15) is 17.1 Å². The lowest BCUT2D eigenvalue weighted by atomic mass is 9.92. The Bertz CT molecular complexity index is 1820. The number of oxazole rings is 1. The summed E-state index contributed by atoms with van der Waals surface area (Å²) < 4.78 is 26.7. The quantitative estimate of drug-likeness (QED) is 0.125. The van der Waals surface area contributed by atoms with Crippen molar-refractivity contribution in [3.8, 4) is 17.2 Å². The highest BCUT2D eigenvalue weighted by atomic mass is 79.9. The molecule has 5 N–H and O–H groups in total. The van der Waals surface area contributed by atoms with E-state index in [2.05, 4.69) is 36.9 Å². The first-order chi connectivity index (χ1) is 21.2. The van der Waals surface area contributed by atoms with Crippen molar-refractivity contribution < 1.29 is 33.2 Å². The number of carbonyl (C=O) groups is 2. The number of ether oxygens (including phenoxy) is 1.